The van der Waals surface area contributed by atoms with Gasteiger partial charge in [-0.1, -0.05) is 62.7 Å². The van der Waals surface area contributed by atoms with Crippen LogP contribution in [0.2, 0.25) is 0 Å². The number of rotatable bonds is 3. The highest BCUT2D eigenvalue weighted by atomic mass is 32.9. The Morgan fingerprint density at radius 1 is 1.14 bits per heavy atom. The number of amides is 1. The molecule has 1 aromatic heterocycles. The maximum atomic E-state index is 13.7. The summed E-state index contributed by atoms with van der Waals surface area (Å²) in [5.41, 5.74) is 4.11. The highest BCUT2D eigenvalue weighted by Crippen LogP contribution is 2.55. The molecule has 4 rings (SSSR count). The van der Waals surface area contributed by atoms with E-state index in [1.54, 1.807) is 20.7 Å². The number of carbonyl (C=O) groups excluding carboxylic acids is 1. The van der Waals surface area contributed by atoms with Crippen molar-refractivity contribution in [2.45, 2.75) is 33.2 Å². The van der Waals surface area contributed by atoms with E-state index in [4.69, 9.17) is 17.0 Å². The second-order valence-corrected chi connectivity index (χ2v) is 10.1. The Labute approximate surface area is 177 Å². The molecule has 1 aliphatic heterocycles. The quantitative estimate of drug-likeness (QED) is 0.340. The normalized spacial score (nSPS) is 14.4. The standard InChI is InChI=1S/C22H21NO2S3/c1-5-25-16-8-6-7-15-17-19(27-28-21(17)26)22(3,4)23(18(15)16)20(24)14-11-9-13(2)10-12-14/h6-12H,5H2,1-4H3. The molecule has 3 nitrogen and oxygen atoms in total. The Kier molecular flexibility index (Phi) is 4.89. The number of fused-ring (bicyclic) bond motifs is 3. The Balaban J connectivity index is 2.00. The van der Waals surface area contributed by atoms with E-state index in [0.29, 0.717) is 17.9 Å². The van der Waals surface area contributed by atoms with E-state index in [0.717, 1.165) is 31.1 Å². The maximum Gasteiger partial charge on any atom is 0.259 e. The molecule has 0 N–H and O–H groups in total. The van der Waals surface area contributed by atoms with Gasteiger partial charge in [-0.05, 0) is 45.9 Å². The Morgan fingerprint density at radius 2 is 1.86 bits per heavy atom. The average molecular weight is 428 g/mol. The summed E-state index contributed by atoms with van der Waals surface area (Å²) in [6.07, 6.45) is 0. The third-order valence-electron chi connectivity index (χ3n) is 5.04. The third kappa shape index (κ3) is 2.91. The largest absolute Gasteiger partial charge is 0.492 e. The number of ether oxygens (including phenoxy) is 1. The fraction of sp³-hybridized carbons (Fsp3) is 0.273. The molecule has 0 saturated heterocycles. The molecule has 3 aromatic rings. The molecule has 144 valence electrons. The van der Waals surface area contributed by atoms with Crippen molar-refractivity contribution in [2.24, 2.45) is 0 Å². The molecule has 28 heavy (non-hydrogen) atoms. The number of carbonyl (C=O) groups is 1. The minimum absolute atomic E-state index is 0.0339. The summed E-state index contributed by atoms with van der Waals surface area (Å²) in [6, 6.07) is 13.7. The van der Waals surface area contributed by atoms with E-state index in [1.165, 1.54) is 0 Å². The molecular formula is C22H21NO2S3. The van der Waals surface area contributed by atoms with Crippen molar-refractivity contribution in [1.82, 2.24) is 0 Å². The van der Waals surface area contributed by atoms with Gasteiger partial charge < -0.3 is 4.74 Å². The van der Waals surface area contributed by atoms with Gasteiger partial charge in [0.25, 0.3) is 5.91 Å². The summed E-state index contributed by atoms with van der Waals surface area (Å²) in [7, 11) is 3.26. The van der Waals surface area contributed by atoms with Crippen LogP contribution in [-0.4, -0.2) is 12.5 Å². The van der Waals surface area contributed by atoms with Crippen molar-refractivity contribution in [3.8, 4) is 16.9 Å². The highest BCUT2D eigenvalue weighted by Gasteiger charge is 2.44. The van der Waals surface area contributed by atoms with Crippen LogP contribution in [0.3, 0.4) is 0 Å². The topological polar surface area (TPSA) is 29.5 Å². The summed E-state index contributed by atoms with van der Waals surface area (Å²) >= 11 is 5.66. The molecule has 0 atom stereocenters. The Bertz CT molecular complexity index is 1110. The van der Waals surface area contributed by atoms with Crippen LogP contribution in [0.25, 0.3) is 11.1 Å². The number of hydrogen-bond acceptors (Lipinski definition) is 5. The minimum Gasteiger partial charge on any atom is -0.492 e. The lowest BCUT2D eigenvalue weighted by Gasteiger charge is -2.43. The van der Waals surface area contributed by atoms with Gasteiger partial charge in [0, 0.05) is 16.7 Å². The van der Waals surface area contributed by atoms with Gasteiger partial charge in [0.2, 0.25) is 0 Å². The van der Waals surface area contributed by atoms with Crippen LogP contribution in [0.4, 0.5) is 5.69 Å². The molecule has 0 aliphatic carbocycles. The molecule has 0 bridgehead atoms. The minimum atomic E-state index is -0.532. The lowest BCUT2D eigenvalue weighted by molar-refractivity contribution is 0.0960. The zero-order valence-electron chi connectivity index (χ0n) is 16.2. The second kappa shape index (κ2) is 7.10. The average Bonchev–Trinajstić information content (AvgIpc) is 3.06. The molecule has 1 amide bonds. The monoisotopic (exact) mass is 427 g/mol. The van der Waals surface area contributed by atoms with Gasteiger partial charge in [0.1, 0.15) is 9.57 Å². The van der Waals surface area contributed by atoms with E-state index >= 15 is 0 Å². The Hall–Kier alpha value is -2.02. The van der Waals surface area contributed by atoms with E-state index in [2.05, 4.69) is 13.8 Å². The van der Waals surface area contributed by atoms with Gasteiger partial charge in [-0.2, -0.15) is 0 Å². The van der Waals surface area contributed by atoms with Crippen LogP contribution >= 0.6 is 32.9 Å². The summed E-state index contributed by atoms with van der Waals surface area (Å²) in [6.45, 7) is 8.68. The van der Waals surface area contributed by atoms with Crippen molar-refractivity contribution < 1.29 is 9.53 Å². The van der Waals surface area contributed by atoms with E-state index in [-0.39, 0.29) is 5.91 Å². The van der Waals surface area contributed by atoms with Crippen LogP contribution in [0.1, 0.15) is 41.6 Å². The molecule has 6 heteroatoms. The lowest BCUT2D eigenvalue weighted by Crippen LogP contribution is -2.48. The van der Waals surface area contributed by atoms with Crippen LogP contribution in [0.15, 0.2) is 42.5 Å². The molecule has 2 heterocycles. The van der Waals surface area contributed by atoms with Crippen molar-refractivity contribution >= 4 is 44.5 Å². The Morgan fingerprint density at radius 3 is 2.54 bits per heavy atom. The predicted molar refractivity (Wildman–Crippen MR) is 121 cm³/mol. The SMILES string of the molecule is CCOc1cccc2c1N(C(=O)c1ccc(C)cc1)C(C)(C)c1ssc(=S)c1-2. The molecule has 0 radical (unpaired) electrons. The summed E-state index contributed by atoms with van der Waals surface area (Å²) in [5, 5.41) is 0. The number of nitrogens with zero attached hydrogens (tertiary/aromatic N) is 1. The molecule has 0 saturated carbocycles. The summed E-state index contributed by atoms with van der Waals surface area (Å²) in [4.78, 5) is 16.7. The molecule has 0 spiro atoms. The van der Waals surface area contributed by atoms with E-state index in [9.17, 15) is 4.79 Å². The van der Waals surface area contributed by atoms with Crippen LogP contribution in [0.5, 0.6) is 5.75 Å². The van der Waals surface area contributed by atoms with Crippen molar-refractivity contribution in [3.05, 3.63) is 62.3 Å². The van der Waals surface area contributed by atoms with E-state index in [1.807, 2.05) is 61.2 Å². The fourth-order valence-corrected chi connectivity index (χ4v) is 6.97. The van der Waals surface area contributed by atoms with Crippen molar-refractivity contribution in [1.29, 1.82) is 0 Å². The number of benzene rings is 2. The van der Waals surface area contributed by atoms with Gasteiger partial charge in [-0.3, -0.25) is 9.69 Å². The molecular weight excluding hydrogens is 406 g/mol. The van der Waals surface area contributed by atoms with Gasteiger partial charge in [-0.15, -0.1) is 0 Å². The van der Waals surface area contributed by atoms with Gasteiger partial charge >= 0.3 is 0 Å². The fourth-order valence-electron chi connectivity index (χ4n) is 3.68. The first-order valence-corrected chi connectivity index (χ1v) is 11.7. The van der Waals surface area contributed by atoms with Gasteiger partial charge in [0.15, 0.2) is 0 Å². The van der Waals surface area contributed by atoms with Crippen LogP contribution in [0, 0.1) is 10.7 Å². The van der Waals surface area contributed by atoms with Crippen molar-refractivity contribution in [3.63, 3.8) is 0 Å². The predicted octanol–water partition coefficient (Wildman–Crippen LogP) is 6.81. The van der Waals surface area contributed by atoms with Gasteiger partial charge in [-0.25, -0.2) is 0 Å². The molecule has 0 unspecified atom stereocenters. The number of para-hydroxylation sites is 1. The molecule has 1 aliphatic rings. The maximum absolute atomic E-state index is 13.7. The van der Waals surface area contributed by atoms with E-state index < -0.39 is 5.54 Å². The van der Waals surface area contributed by atoms with Gasteiger partial charge in [0.05, 0.1) is 22.7 Å². The first-order valence-electron chi connectivity index (χ1n) is 9.17. The number of aryl methyl sites for hydroxylation is 1. The zero-order chi connectivity index (χ0) is 20.1. The zero-order valence-corrected chi connectivity index (χ0v) is 18.7. The number of hydrogen-bond donors (Lipinski definition) is 0. The summed E-state index contributed by atoms with van der Waals surface area (Å²) in [5.74, 6) is 0.679. The molecule has 2 aromatic carbocycles. The highest BCUT2D eigenvalue weighted by molar-refractivity contribution is 7.80. The number of anilines is 1. The van der Waals surface area contributed by atoms with Crippen molar-refractivity contribution in [2.75, 3.05) is 11.5 Å². The van der Waals surface area contributed by atoms with Crippen LogP contribution in [-0.2, 0) is 5.54 Å². The smallest absolute Gasteiger partial charge is 0.259 e. The summed E-state index contributed by atoms with van der Waals surface area (Å²) < 4.78 is 6.81. The second-order valence-electron chi connectivity index (χ2n) is 7.31. The van der Waals surface area contributed by atoms with Crippen LogP contribution < -0.4 is 9.64 Å². The first-order chi connectivity index (χ1) is 13.4. The first kappa shape index (κ1) is 19.3. The lowest BCUT2D eigenvalue weighted by atomic mass is 9.86. The third-order valence-corrected chi connectivity index (χ3v) is 8.37. The molecule has 0 fully saturated rings.